The fourth-order valence-electron chi connectivity index (χ4n) is 1.95. The zero-order valence-corrected chi connectivity index (χ0v) is 8.12. The molecule has 2 heterocycles. The van der Waals surface area contributed by atoms with Crippen LogP contribution in [-0.2, 0) is 19.0 Å². The zero-order valence-electron chi connectivity index (χ0n) is 8.12. The Kier molecular flexibility index (Phi) is 1.69. The third kappa shape index (κ3) is 1.34. The molecule has 2 aliphatic rings. The first-order chi connectivity index (χ1) is 5.99. The molecule has 0 aromatic heterocycles. The Balaban J connectivity index is 2.02. The molecule has 0 saturated carbocycles. The molecular formula is C9H14O4. The number of methoxy groups -OCH3 is 1. The third-order valence-corrected chi connectivity index (χ3v) is 2.62. The van der Waals surface area contributed by atoms with E-state index in [1.54, 1.807) is 0 Å². The topological polar surface area (TPSA) is 48.1 Å². The van der Waals surface area contributed by atoms with Crippen molar-refractivity contribution in [3.8, 4) is 0 Å². The van der Waals surface area contributed by atoms with Gasteiger partial charge in [-0.1, -0.05) is 0 Å². The summed E-state index contributed by atoms with van der Waals surface area (Å²) in [6, 6.07) is 0. The van der Waals surface area contributed by atoms with Crippen LogP contribution in [0.5, 0.6) is 0 Å². The van der Waals surface area contributed by atoms with Gasteiger partial charge in [-0.15, -0.1) is 0 Å². The summed E-state index contributed by atoms with van der Waals surface area (Å²) >= 11 is 0. The van der Waals surface area contributed by atoms with Crippen LogP contribution >= 0.6 is 0 Å². The molecule has 4 heteroatoms. The second-order valence-electron chi connectivity index (χ2n) is 4.31. The molecule has 74 valence electrons. The average molecular weight is 186 g/mol. The van der Waals surface area contributed by atoms with Crippen LogP contribution in [0.25, 0.3) is 0 Å². The van der Waals surface area contributed by atoms with Crippen molar-refractivity contribution in [3.63, 3.8) is 0 Å². The smallest absolute Gasteiger partial charge is 0.338 e. The Hall–Kier alpha value is -0.610. The van der Waals surface area contributed by atoms with E-state index in [0.29, 0.717) is 6.61 Å². The summed E-state index contributed by atoms with van der Waals surface area (Å²) < 4.78 is 15.5. The van der Waals surface area contributed by atoms with Crippen LogP contribution in [0.4, 0.5) is 0 Å². The Labute approximate surface area is 77.1 Å². The lowest BCUT2D eigenvalue weighted by molar-refractivity contribution is -0.142. The maximum Gasteiger partial charge on any atom is 0.338 e. The standard InChI is InChI=1S/C9H14O4/c1-8(2)4-9(5-12-8)6(13-9)7(10)11-3/h6H,4-5H2,1-3H3. The van der Waals surface area contributed by atoms with Gasteiger partial charge in [-0.05, 0) is 13.8 Å². The van der Waals surface area contributed by atoms with Gasteiger partial charge in [-0.2, -0.15) is 0 Å². The van der Waals surface area contributed by atoms with Crippen LogP contribution in [0, 0.1) is 0 Å². The molecule has 0 bridgehead atoms. The predicted molar refractivity (Wildman–Crippen MR) is 44.3 cm³/mol. The minimum Gasteiger partial charge on any atom is -0.467 e. The molecule has 1 spiro atoms. The Morgan fingerprint density at radius 2 is 2.23 bits per heavy atom. The fourth-order valence-corrected chi connectivity index (χ4v) is 1.95. The van der Waals surface area contributed by atoms with Crippen molar-refractivity contribution in [1.29, 1.82) is 0 Å². The van der Waals surface area contributed by atoms with E-state index < -0.39 is 6.10 Å². The first-order valence-electron chi connectivity index (χ1n) is 4.39. The quantitative estimate of drug-likeness (QED) is 0.442. The van der Waals surface area contributed by atoms with E-state index >= 15 is 0 Å². The highest BCUT2D eigenvalue weighted by molar-refractivity contribution is 5.79. The number of ether oxygens (including phenoxy) is 3. The van der Waals surface area contributed by atoms with Crippen molar-refractivity contribution in [1.82, 2.24) is 0 Å². The highest BCUT2D eigenvalue weighted by Gasteiger charge is 2.67. The van der Waals surface area contributed by atoms with Crippen LogP contribution in [0.2, 0.25) is 0 Å². The monoisotopic (exact) mass is 186 g/mol. The number of hydrogen-bond donors (Lipinski definition) is 0. The SMILES string of the molecule is COC(=O)C1OC12COC(C)(C)C2. The summed E-state index contributed by atoms with van der Waals surface area (Å²) in [5.74, 6) is -0.290. The van der Waals surface area contributed by atoms with Crippen molar-refractivity contribution in [2.24, 2.45) is 0 Å². The molecule has 2 aliphatic heterocycles. The summed E-state index contributed by atoms with van der Waals surface area (Å²) in [5, 5.41) is 0. The number of esters is 1. The zero-order chi connectivity index (χ0) is 9.69. The van der Waals surface area contributed by atoms with E-state index in [-0.39, 0.29) is 17.2 Å². The van der Waals surface area contributed by atoms with E-state index in [9.17, 15) is 4.79 Å². The van der Waals surface area contributed by atoms with E-state index in [1.807, 2.05) is 13.8 Å². The van der Waals surface area contributed by atoms with Crippen LogP contribution in [0.3, 0.4) is 0 Å². The van der Waals surface area contributed by atoms with Crippen molar-refractivity contribution >= 4 is 5.97 Å². The summed E-state index contributed by atoms with van der Waals surface area (Å²) in [4.78, 5) is 11.1. The lowest BCUT2D eigenvalue weighted by Crippen LogP contribution is -2.24. The molecular weight excluding hydrogens is 172 g/mol. The molecule has 0 radical (unpaired) electrons. The molecule has 2 unspecified atom stereocenters. The van der Waals surface area contributed by atoms with Crippen molar-refractivity contribution in [2.45, 2.75) is 37.6 Å². The second-order valence-corrected chi connectivity index (χ2v) is 4.31. The number of hydrogen-bond acceptors (Lipinski definition) is 4. The van der Waals surface area contributed by atoms with Gasteiger partial charge in [0.2, 0.25) is 0 Å². The van der Waals surface area contributed by atoms with Gasteiger partial charge in [0, 0.05) is 6.42 Å². The minimum atomic E-state index is -0.403. The first kappa shape index (κ1) is 8.97. The normalized spacial score (nSPS) is 40.7. The van der Waals surface area contributed by atoms with Gasteiger partial charge in [0.15, 0.2) is 6.10 Å². The van der Waals surface area contributed by atoms with Crippen molar-refractivity contribution in [2.75, 3.05) is 13.7 Å². The van der Waals surface area contributed by atoms with E-state index in [2.05, 4.69) is 4.74 Å². The number of carbonyl (C=O) groups is 1. The van der Waals surface area contributed by atoms with Gasteiger partial charge in [0.25, 0.3) is 0 Å². The van der Waals surface area contributed by atoms with Crippen LogP contribution in [0.15, 0.2) is 0 Å². The molecule has 13 heavy (non-hydrogen) atoms. The lowest BCUT2D eigenvalue weighted by atomic mass is 9.95. The Bertz CT molecular complexity index is 248. The molecule has 0 aliphatic carbocycles. The molecule has 2 atom stereocenters. The van der Waals surface area contributed by atoms with Crippen molar-refractivity contribution in [3.05, 3.63) is 0 Å². The van der Waals surface area contributed by atoms with Crippen LogP contribution in [0.1, 0.15) is 20.3 Å². The number of carbonyl (C=O) groups excluding carboxylic acids is 1. The van der Waals surface area contributed by atoms with Gasteiger partial charge in [0.05, 0.1) is 19.3 Å². The fraction of sp³-hybridized carbons (Fsp3) is 0.889. The second kappa shape index (κ2) is 2.45. The maximum absolute atomic E-state index is 11.1. The summed E-state index contributed by atoms with van der Waals surface area (Å²) in [6.45, 7) is 4.50. The number of epoxide rings is 1. The van der Waals surface area contributed by atoms with E-state index in [4.69, 9.17) is 9.47 Å². The number of rotatable bonds is 1. The molecule has 2 rings (SSSR count). The highest BCUT2D eigenvalue weighted by atomic mass is 16.7. The van der Waals surface area contributed by atoms with Gasteiger partial charge in [-0.3, -0.25) is 0 Å². The molecule has 0 aromatic carbocycles. The molecule has 0 amide bonds. The molecule has 2 saturated heterocycles. The Morgan fingerprint density at radius 1 is 1.54 bits per heavy atom. The van der Waals surface area contributed by atoms with Crippen molar-refractivity contribution < 1.29 is 19.0 Å². The maximum atomic E-state index is 11.1. The highest BCUT2D eigenvalue weighted by Crippen LogP contribution is 2.49. The van der Waals surface area contributed by atoms with E-state index in [1.165, 1.54) is 7.11 Å². The summed E-state index contributed by atoms with van der Waals surface area (Å²) in [6.07, 6.45) is 0.360. The minimum absolute atomic E-state index is 0.178. The Morgan fingerprint density at radius 3 is 2.69 bits per heavy atom. The molecule has 0 N–H and O–H groups in total. The first-order valence-corrected chi connectivity index (χ1v) is 4.39. The third-order valence-electron chi connectivity index (χ3n) is 2.62. The average Bonchev–Trinajstić information content (AvgIpc) is 2.65. The largest absolute Gasteiger partial charge is 0.467 e. The molecule has 2 fully saturated rings. The predicted octanol–water partition coefficient (Wildman–Crippen LogP) is 0.496. The van der Waals surface area contributed by atoms with E-state index in [0.717, 1.165) is 6.42 Å². The van der Waals surface area contributed by atoms with Crippen LogP contribution < -0.4 is 0 Å². The van der Waals surface area contributed by atoms with Gasteiger partial charge in [-0.25, -0.2) is 4.79 Å². The van der Waals surface area contributed by atoms with Crippen LogP contribution in [-0.4, -0.2) is 37.0 Å². The van der Waals surface area contributed by atoms with Gasteiger partial charge >= 0.3 is 5.97 Å². The lowest BCUT2D eigenvalue weighted by Gasteiger charge is -2.14. The summed E-state index contributed by atoms with van der Waals surface area (Å²) in [5.41, 5.74) is -0.556. The van der Waals surface area contributed by atoms with Gasteiger partial charge in [0.1, 0.15) is 5.60 Å². The summed E-state index contributed by atoms with van der Waals surface area (Å²) in [7, 11) is 1.37. The molecule has 4 nitrogen and oxygen atoms in total. The van der Waals surface area contributed by atoms with Gasteiger partial charge < -0.3 is 14.2 Å². The molecule has 0 aromatic rings.